The molecule has 0 aliphatic rings. The molecule has 16 heavy (non-hydrogen) atoms. The largest absolute Gasteiger partial charge is 0.324 e. The van der Waals surface area contributed by atoms with Gasteiger partial charge in [0.1, 0.15) is 0 Å². The van der Waals surface area contributed by atoms with Crippen LogP contribution in [0, 0.1) is 13.8 Å². The number of anilines is 1. The van der Waals surface area contributed by atoms with E-state index in [0.717, 1.165) is 16.8 Å². The number of hydrogen-bond donors (Lipinski definition) is 1. The van der Waals surface area contributed by atoms with Crippen molar-refractivity contribution in [2.24, 2.45) is 0 Å². The van der Waals surface area contributed by atoms with Gasteiger partial charge in [0.15, 0.2) is 0 Å². The van der Waals surface area contributed by atoms with Crippen molar-refractivity contribution < 1.29 is 4.79 Å². The van der Waals surface area contributed by atoms with E-state index in [1.54, 1.807) is 0 Å². The maximum absolute atomic E-state index is 11.9. The Bertz CT molecular complexity index is 365. The summed E-state index contributed by atoms with van der Waals surface area (Å²) < 4.78 is 0. The van der Waals surface area contributed by atoms with Crippen LogP contribution in [0.4, 0.5) is 5.69 Å². The molecule has 1 rings (SSSR count). The van der Waals surface area contributed by atoms with Crippen LogP contribution in [0.5, 0.6) is 0 Å². The lowest BCUT2D eigenvalue weighted by atomic mass is 10.1. The molecule has 1 unspecified atom stereocenters. The van der Waals surface area contributed by atoms with Crippen LogP contribution in [0.2, 0.25) is 0 Å². The third kappa shape index (κ3) is 2.83. The van der Waals surface area contributed by atoms with Crippen LogP contribution in [-0.4, -0.2) is 30.9 Å². The molecule has 0 aromatic heterocycles. The van der Waals surface area contributed by atoms with Crippen LogP contribution in [0.3, 0.4) is 0 Å². The van der Waals surface area contributed by atoms with Gasteiger partial charge in [-0.15, -0.1) is 0 Å². The molecule has 0 saturated carbocycles. The van der Waals surface area contributed by atoms with Crippen molar-refractivity contribution in [3.8, 4) is 0 Å². The first kappa shape index (κ1) is 12.7. The number of likely N-dealkylation sites (N-methyl/N-ethyl adjacent to an activating group) is 1. The van der Waals surface area contributed by atoms with Gasteiger partial charge in [0, 0.05) is 5.69 Å². The minimum absolute atomic E-state index is 0.0300. The molecule has 3 heteroatoms. The van der Waals surface area contributed by atoms with Crippen LogP contribution in [0.1, 0.15) is 18.1 Å². The number of hydrogen-bond acceptors (Lipinski definition) is 2. The van der Waals surface area contributed by atoms with E-state index in [4.69, 9.17) is 0 Å². The van der Waals surface area contributed by atoms with E-state index < -0.39 is 0 Å². The van der Waals surface area contributed by atoms with Crippen LogP contribution in [-0.2, 0) is 4.79 Å². The molecule has 1 aromatic rings. The lowest BCUT2D eigenvalue weighted by molar-refractivity contribution is -0.119. The van der Waals surface area contributed by atoms with Crippen molar-refractivity contribution in [1.29, 1.82) is 0 Å². The minimum atomic E-state index is -0.126. The van der Waals surface area contributed by atoms with Crippen molar-refractivity contribution in [1.82, 2.24) is 4.90 Å². The second-order valence-corrected chi connectivity index (χ2v) is 4.40. The number of nitrogens with zero attached hydrogens (tertiary/aromatic N) is 1. The van der Waals surface area contributed by atoms with Crippen molar-refractivity contribution in [2.75, 3.05) is 19.4 Å². The van der Waals surface area contributed by atoms with Gasteiger partial charge < -0.3 is 5.32 Å². The Labute approximate surface area is 97.5 Å². The Morgan fingerprint density at radius 2 is 1.75 bits per heavy atom. The predicted molar refractivity (Wildman–Crippen MR) is 67.7 cm³/mol. The zero-order valence-corrected chi connectivity index (χ0v) is 10.7. The Morgan fingerprint density at radius 3 is 2.19 bits per heavy atom. The van der Waals surface area contributed by atoms with Crippen molar-refractivity contribution in [3.63, 3.8) is 0 Å². The standard InChI is InChI=1S/C13H20N2O/c1-9-7-6-8-10(2)12(9)14-13(16)11(3)15(4)5/h6-8,11H,1-5H3,(H,14,16). The normalized spacial score (nSPS) is 12.6. The smallest absolute Gasteiger partial charge is 0.241 e. The highest BCUT2D eigenvalue weighted by molar-refractivity contribution is 5.95. The highest BCUT2D eigenvalue weighted by Crippen LogP contribution is 2.19. The summed E-state index contributed by atoms with van der Waals surface area (Å²) in [5.41, 5.74) is 3.12. The third-order valence-electron chi connectivity index (χ3n) is 2.88. The molecule has 88 valence electrons. The van der Waals surface area contributed by atoms with Crippen molar-refractivity contribution in [3.05, 3.63) is 29.3 Å². The molecular formula is C13H20N2O. The zero-order chi connectivity index (χ0) is 12.3. The van der Waals surface area contributed by atoms with E-state index >= 15 is 0 Å². The average Bonchev–Trinajstić information content (AvgIpc) is 2.22. The number of amides is 1. The molecule has 1 amide bonds. The van der Waals surface area contributed by atoms with Gasteiger partial charge >= 0.3 is 0 Å². The van der Waals surface area contributed by atoms with Gasteiger partial charge in [-0.25, -0.2) is 0 Å². The highest BCUT2D eigenvalue weighted by Gasteiger charge is 2.16. The molecule has 1 N–H and O–H groups in total. The average molecular weight is 220 g/mol. The highest BCUT2D eigenvalue weighted by atomic mass is 16.2. The second-order valence-electron chi connectivity index (χ2n) is 4.40. The molecule has 0 fully saturated rings. The Kier molecular flexibility index (Phi) is 4.07. The first-order valence-electron chi connectivity index (χ1n) is 5.47. The van der Waals surface area contributed by atoms with Gasteiger partial charge in [0.05, 0.1) is 6.04 Å². The quantitative estimate of drug-likeness (QED) is 0.847. The van der Waals surface area contributed by atoms with Crippen LogP contribution < -0.4 is 5.32 Å². The van der Waals surface area contributed by atoms with Gasteiger partial charge in [-0.3, -0.25) is 9.69 Å². The number of rotatable bonds is 3. The third-order valence-corrected chi connectivity index (χ3v) is 2.88. The van der Waals surface area contributed by atoms with E-state index in [1.165, 1.54) is 0 Å². The summed E-state index contributed by atoms with van der Waals surface area (Å²) >= 11 is 0. The van der Waals surface area contributed by atoms with Crippen LogP contribution in [0.15, 0.2) is 18.2 Å². The fourth-order valence-electron chi connectivity index (χ4n) is 1.47. The summed E-state index contributed by atoms with van der Waals surface area (Å²) in [5.74, 6) is 0.0300. The van der Waals surface area contributed by atoms with Crippen LogP contribution in [0.25, 0.3) is 0 Å². The molecule has 0 spiro atoms. The van der Waals surface area contributed by atoms with Gasteiger partial charge in [-0.1, -0.05) is 18.2 Å². The van der Waals surface area contributed by atoms with E-state index in [-0.39, 0.29) is 11.9 Å². The van der Waals surface area contributed by atoms with Crippen molar-refractivity contribution in [2.45, 2.75) is 26.8 Å². The fraction of sp³-hybridized carbons (Fsp3) is 0.462. The Hall–Kier alpha value is -1.35. The first-order valence-corrected chi connectivity index (χ1v) is 5.47. The summed E-state index contributed by atoms with van der Waals surface area (Å²) in [7, 11) is 3.80. The minimum Gasteiger partial charge on any atom is -0.324 e. The molecule has 0 saturated heterocycles. The fourth-order valence-corrected chi connectivity index (χ4v) is 1.47. The molecule has 1 atom stereocenters. The summed E-state index contributed by atoms with van der Waals surface area (Å²) in [6.07, 6.45) is 0. The number of carbonyl (C=O) groups excluding carboxylic acids is 1. The predicted octanol–water partition coefficient (Wildman–Crippen LogP) is 2.19. The molecule has 0 radical (unpaired) electrons. The monoisotopic (exact) mass is 220 g/mol. The Balaban J connectivity index is 2.85. The molecular weight excluding hydrogens is 200 g/mol. The van der Waals surface area contributed by atoms with Gasteiger partial charge in [-0.2, -0.15) is 0 Å². The van der Waals surface area contributed by atoms with E-state index in [2.05, 4.69) is 5.32 Å². The topological polar surface area (TPSA) is 32.3 Å². The summed E-state index contributed by atoms with van der Waals surface area (Å²) in [5, 5.41) is 2.98. The second kappa shape index (κ2) is 5.12. The summed E-state index contributed by atoms with van der Waals surface area (Å²) in [6, 6.07) is 5.88. The molecule has 3 nitrogen and oxygen atoms in total. The van der Waals surface area contributed by atoms with Crippen molar-refractivity contribution >= 4 is 11.6 Å². The molecule has 1 aromatic carbocycles. The van der Waals surface area contributed by atoms with E-state index in [9.17, 15) is 4.79 Å². The van der Waals surface area contributed by atoms with Crippen LogP contribution >= 0.6 is 0 Å². The number of benzene rings is 1. The molecule has 0 aliphatic carbocycles. The lowest BCUT2D eigenvalue weighted by Gasteiger charge is -2.20. The number of nitrogens with one attached hydrogen (secondary N) is 1. The van der Waals surface area contributed by atoms with Gasteiger partial charge in [-0.05, 0) is 46.0 Å². The van der Waals surface area contributed by atoms with Gasteiger partial charge in [0.2, 0.25) is 5.91 Å². The number of aryl methyl sites for hydroxylation is 2. The number of para-hydroxylation sites is 1. The maximum Gasteiger partial charge on any atom is 0.241 e. The summed E-state index contributed by atoms with van der Waals surface area (Å²) in [4.78, 5) is 13.8. The molecule has 0 aliphatic heterocycles. The SMILES string of the molecule is Cc1cccc(C)c1NC(=O)C(C)N(C)C. The summed E-state index contributed by atoms with van der Waals surface area (Å²) in [6.45, 7) is 5.90. The van der Waals surface area contributed by atoms with E-state index in [0.29, 0.717) is 0 Å². The van der Waals surface area contributed by atoms with Gasteiger partial charge in [0.25, 0.3) is 0 Å². The zero-order valence-electron chi connectivity index (χ0n) is 10.7. The first-order chi connectivity index (χ1) is 7.43. The lowest BCUT2D eigenvalue weighted by Crippen LogP contribution is -2.37. The molecule has 0 heterocycles. The molecule has 0 bridgehead atoms. The Morgan fingerprint density at radius 1 is 1.25 bits per heavy atom. The number of carbonyl (C=O) groups is 1. The van der Waals surface area contributed by atoms with E-state index in [1.807, 2.05) is 58.0 Å². The maximum atomic E-state index is 11.9.